The number of rotatable bonds is 3. The lowest BCUT2D eigenvalue weighted by Gasteiger charge is -2.32. The number of carbonyl (C=O) groups is 1. The number of piperazine rings is 1. The molecule has 4 heteroatoms. The van der Waals surface area contributed by atoms with Gasteiger partial charge in [0.2, 0.25) is 0 Å². The van der Waals surface area contributed by atoms with Crippen molar-refractivity contribution in [2.75, 3.05) is 33.2 Å². The maximum Gasteiger partial charge on any atom is 0.150 e. The van der Waals surface area contributed by atoms with Crippen molar-refractivity contribution >= 4 is 6.29 Å². The molecule has 2 rings (SSSR count). The van der Waals surface area contributed by atoms with Gasteiger partial charge in [0, 0.05) is 43.9 Å². The molecular formula is C13H18N2O2. The highest BCUT2D eigenvalue weighted by Crippen LogP contribution is 2.20. The van der Waals surface area contributed by atoms with E-state index in [0.717, 1.165) is 38.0 Å². The van der Waals surface area contributed by atoms with Gasteiger partial charge in [-0.25, -0.2) is 0 Å². The Hall–Kier alpha value is -1.39. The topological polar surface area (TPSA) is 43.8 Å². The number of phenolic OH excluding ortho intramolecular Hbond substituents is 1. The maximum atomic E-state index is 10.7. The van der Waals surface area contributed by atoms with Gasteiger partial charge in [0.25, 0.3) is 0 Å². The Kier molecular flexibility index (Phi) is 3.76. The Labute approximate surface area is 101 Å². The third kappa shape index (κ3) is 3.05. The molecule has 0 radical (unpaired) electrons. The molecule has 0 bridgehead atoms. The second-order valence-electron chi connectivity index (χ2n) is 4.59. The molecule has 1 aliphatic rings. The van der Waals surface area contributed by atoms with Crippen LogP contribution in [0.15, 0.2) is 18.2 Å². The second-order valence-corrected chi connectivity index (χ2v) is 4.59. The van der Waals surface area contributed by atoms with E-state index in [4.69, 9.17) is 0 Å². The fraction of sp³-hybridized carbons (Fsp3) is 0.462. The van der Waals surface area contributed by atoms with Crippen LogP contribution in [-0.2, 0) is 6.54 Å². The molecule has 1 saturated heterocycles. The van der Waals surface area contributed by atoms with Crippen molar-refractivity contribution in [1.29, 1.82) is 0 Å². The molecule has 0 atom stereocenters. The lowest BCUT2D eigenvalue weighted by atomic mass is 10.1. The van der Waals surface area contributed by atoms with Gasteiger partial charge in [-0.05, 0) is 25.2 Å². The van der Waals surface area contributed by atoms with E-state index in [1.54, 1.807) is 18.2 Å². The number of aldehydes is 1. The van der Waals surface area contributed by atoms with Gasteiger partial charge in [-0.1, -0.05) is 0 Å². The van der Waals surface area contributed by atoms with E-state index >= 15 is 0 Å². The van der Waals surface area contributed by atoms with Crippen molar-refractivity contribution in [2.45, 2.75) is 6.54 Å². The molecule has 0 aromatic heterocycles. The smallest absolute Gasteiger partial charge is 0.150 e. The van der Waals surface area contributed by atoms with Gasteiger partial charge in [0.15, 0.2) is 0 Å². The molecule has 92 valence electrons. The summed E-state index contributed by atoms with van der Waals surface area (Å²) in [6.07, 6.45) is 0.812. The zero-order chi connectivity index (χ0) is 12.3. The van der Waals surface area contributed by atoms with E-state index in [1.807, 2.05) is 0 Å². The molecule has 0 aliphatic carbocycles. The van der Waals surface area contributed by atoms with Crippen molar-refractivity contribution < 1.29 is 9.90 Å². The van der Waals surface area contributed by atoms with Crippen LogP contribution in [0.2, 0.25) is 0 Å². The molecule has 1 fully saturated rings. The van der Waals surface area contributed by atoms with E-state index in [9.17, 15) is 9.90 Å². The Morgan fingerprint density at radius 3 is 2.65 bits per heavy atom. The number of phenols is 1. The second kappa shape index (κ2) is 5.29. The van der Waals surface area contributed by atoms with Crippen molar-refractivity contribution in [3.63, 3.8) is 0 Å². The van der Waals surface area contributed by atoms with Crippen LogP contribution in [0.3, 0.4) is 0 Å². The number of likely N-dealkylation sites (N-methyl/N-ethyl adjacent to an activating group) is 1. The highest BCUT2D eigenvalue weighted by atomic mass is 16.3. The largest absolute Gasteiger partial charge is 0.508 e. The normalized spacial score (nSPS) is 18.2. The van der Waals surface area contributed by atoms with Gasteiger partial charge >= 0.3 is 0 Å². The van der Waals surface area contributed by atoms with Crippen LogP contribution in [0.5, 0.6) is 5.75 Å². The van der Waals surface area contributed by atoms with Gasteiger partial charge in [-0.15, -0.1) is 0 Å². The Balaban J connectivity index is 2.05. The van der Waals surface area contributed by atoms with Gasteiger partial charge in [0.1, 0.15) is 12.0 Å². The number of carbonyl (C=O) groups excluding carboxylic acids is 1. The van der Waals surface area contributed by atoms with Gasteiger partial charge in [-0.2, -0.15) is 0 Å². The summed E-state index contributed by atoms with van der Waals surface area (Å²) in [5, 5.41) is 9.76. The summed E-state index contributed by atoms with van der Waals surface area (Å²) >= 11 is 0. The lowest BCUT2D eigenvalue weighted by molar-refractivity contribution is 0.112. The third-order valence-electron chi connectivity index (χ3n) is 3.23. The lowest BCUT2D eigenvalue weighted by Crippen LogP contribution is -2.43. The molecule has 1 aromatic carbocycles. The summed E-state index contributed by atoms with van der Waals surface area (Å²) in [5.41, 5.74) is 1.45. The molecule has 1 N–H and O–H groups in total. The number of benzene rings is 1. The van der Waals surface area contributed by atoms with Gasteiger partial charge < -0.3 is 10.0 Å². The quantitative estimate of drug-likeness (QED) is 0.791. The molecule has 0 amide bonds. The first-order valence-electron chi connectivity index (χ1n) is 5.87. The van der Waals surface area contributed by atoms with Crippen molar-refractivity contribution in [2.24, 2.45) is 0 Å². The maximum absolute atomic E-state index is 10.7. The number of hydrogen-bond donors (Lipinski definition) is 1. The average molecular weight is 234 g/mol. The van der Waals surface area contributed by atoms with Crippen molar-refractivity contribution in [3.8, 4) is 5.75 Å². The van der Waals surface area contributed by atoms with Crippen LogP contribution < -0.4 is 0 Å². The van der Waals surface area contributed by atoms with E-state index < -0.39 is 0 Å². The van der Waals surface area contributed by atoms with Crippen LogP contribution in [0.1, 0.15) is 15.9 Å². The van der Waals surface area contributed by atoms with E-state index in [2.05, 4.69) is 16.8 Å². The first-order valence-corrected chi connectivity index (χ1v) is 5.87. The first kappa shape index (κ1) is 12.1. The van der Waals surface area contributed by atoms with Gasteiger partial charge in [-0.3, -0.25) is 9.69 Å². The zero-order valence-corrected chi connectivity index (χ0v) is 10.1. The average Bonchev–Trinajstić information content (AvgIpc) is 2.35. The Morgan fingerprint density at radius 2 is 2.00 bits per heavy atom. The molecule has 17 heavy (non-hydrogen) atoms. The van der Waals surface area contributed by atoms with E-state index in [0.29, 0.717) is 12.1 Å². The fourth-order valence-corrected chi connectivity index (χ4v) is 2.05. The monoisotopic (exact) mass is 234 g/mol. The number of nitrogens with zero attached hydrogens (tertiary/aromatic N) is 2. The molecule has 1 aliphatic heterocycles. The van der Waals surface area contributed by atoms with Gasteiger partial charge in [0.05, 0.1) is 0 Å². The van der Waals surface area contributed by atoms with Crippen LogP contribution in [-0.4, -0.2) is 54.4 Å². The molecule has 1 heterocycles. The zero-order valence-electron chi connectivity index (χ0n) is 10.1. The summed E-state index contributed by atoms with van der Waals surface area (Å²) in [6, 6.07) is 4.99. The molecule has 1 aromatic rings. The van der Waals surface area contributed by atoms with Crippen LogP contribution in [0.25, 0.3) is 0 Å². The number of aromatic hydroxyl groups is 1. The van der Waals surface area contributed by atoms with E-state index in [-0.39, 0.29) is 5.75 Å². The first-order chi connectivity index (χ1) is 8.19. The summed E-state index contributed by atoms with van der Waals surface area (Å²) < 4.78 is 0. The molecule has 4 nitrogen and oxygen atoms in total. The molecule has 0 unspecified atom stereocenters. The minimum absolute atomic E-state index is 0.273. The molecule has 0 spiro atoms. The van der Waals surface area contributed by atoms with Crippen LogP contribution in [0, 0.1) is 0 Å². The van der Waals surface area contributed by atoms with E-state index in [1.165, 1.54) is 0 Å². The minimum atomic E-state index is 0.273. The van der Waals surface area contributed by atoms with Crippen molar-refractivity contribution in [3.05, 3.63) is 29.3 Å². The summed E-state index contributed by atoms with van der Waals surface area (Å²) in [4.78, 5) is 15.3. The Morgan fingerprint density at radius 1 is 1.29 bits per heavy atom. The van der Waals surface area contributed by atoms with Crippen LogP contribution >= 0.6 is 0 Å². The minimum Gasteiger partial charge on any atom is -0.508 e. The highest BCUT2D eigenvalue weighted by Gasteiger charge is 2.15. The fourth-order valence-electron chi connectivity index (χ4n) is 2.05. The highest BCUT2D eigenvalue weighted by molar-refractivity contribution is 5.75. The predicted molar refractivity (Wildman–Crippen MR) is 66.3 cm³/mol. The number of hydrogen-bond acceptors (Lipinski definition) is 4. The third-order valence-corrected chi connectivity index (χ3v) is 3.23. The van der Waals surface area contributed by atoms with Crippen LogP contribution in [0.4, 0.5) is 0 Å². The predicted octanol–water partition coefficient (Wildman–Crippen LogP) is 0.952. The summed E-state index contributed by atoms with van der Waals surface area (Å²) in [6.45, 7) is 4.81. The molecule has 0 saturated carbocycles. The Bertz CT molecular complexity index is 398. The SMILES string of the molecule is CN1CCN(Cc2cc(C=O)ccc2O)CC1. The summed E-state index contributed by atoms with van der Waals surface area (Å²) in [5.74, 6) is 0.273. The summed E-state index contributed by atoms with van der Waals surface area (Å²) in [7, 11) is 2.11. The molecular weight excluding hydrogens is 216 g/mol. The standard InChI is InChI=1S/C13H18N2O2/c1-14-4-6-15(7-5-14)9-12-8-11(10-16)2-3-13(12)17/h2-3,8,10,17H,4-7,9H2,1H3. The van der Waals surface area contributed by atoms with Crippen molar-refractivity contribution in [1.82, 2.24) is 9.80 Å².